The molecule has 0 saturated carbocycles. The van der Waals surface area contributed by atoms with Crippen molar-refractivity contribution in [1.82, 2.24) is 14.4 Å². The Balaban J connectivity index is 1.64. The maximum Gasteiger partial charge on any atom is 0.226 e. The fourth-order valence-corrected chi connectivity index (χ4v) is 4.50. The molecule has 0 aliphatic carbocycles. The number of aromatic nitrogens is 1. The van der Waals surface area contributed by atoms with Crippen LogP contribution in [0.4, 0.5) is 0 Å². The minimum Gasteiger partial charge on any atom is -0.349 e. The zero-order chi connectivity index (χ0) is 21.8. The SMILES string of the molecule is Cc1cc(C(=O)CN2CCCC(C(=O)N(C)C)C2)c(C)n1CCc1ccc(Cl)cc1. The average molecular weight is 430 g/mol. The molecule has 3 rings (SSSR count). The van der Waals surface area contributed by atoms with E-state index in [1.807, 2.05) is 37.3 Å². The van der Waals surface area contributed by atoms with Gasteiger partial charge >= 0.3 is 0 Å². The Kier molecular flexibility index (Phi) is 7.37. The van der Waals surface area contributed by atoms with E-state index in [1.165, 1.54) is 5.56 Å². The second-order valence-corrected chi connectivity index (χ2v) is 8.98. The summed E-state index contributed by atoms with van der Waals surface area (Å²) in [5.41, 5.74) is 4.14. The van der Waals surface area contributed by atoms with Gasteiger partial charge in [0, 0.05) is 49.2 Å². The predicted molar refractivity (Wildman–Crippen MR) is 121 cm³/mol. The molecular weight excluding hydrogens is 398 g/mol. The molecule has 0 spiro atoms. The van der Waals surface area contributed by atoms with Crippen molar-refractivity contribution in [2.24, 2.45) is 5.92 Å². The molecule has 1 aromatic carbocycles. The number of Topliss-reactive ketones (excluding diaryl/α,β-unsaturated/α-hetero) is 1. The van der Waals surface area contributed by atoms with Crippen LogP contribution in [0.3, 0.4) is 0 Å². The molecule has 162 valence electrons. The number of carbonyl (C=O) groups is 2. The van der Waals surface area contributed by atoms with Gasteiger partial charge in [-0.2, -0.15) is 0 Å². The second kappa shape index (κ2) is 9.80. The number of carbonyl (C=O) groups excluding carboxylic acids is 2. The van der Waals surface area contributed by atoms with E-state index in [-0.39, 0.29) is 17.6 Å². The van der Waals surface area contributed by atoms with Gasteiger partial charge in [0.05, 0.1) is 12.5 Å². The highest BCUT2D eigenvalue weighted by molar-refractivity contribution is 6.30. The van der Waals surface area contributed by atoms with Gasteiger partial charge in [-0.05, 0) is 63.4 Å². The van der Waals surface area contributed by atoms with Crippen LogP contribution in [-0.4, -0.2) is 59.8 Å². The Bertz CT molecular complexity index is 902. The summed E-state index contributed by atoms with van der Waals surface area (Å²) < 4.78 is 2.22. The highest BCUT2D eigenvalue weighted by Gasteiger charge is 2.28. The molecule has 1 fully saturated rings. The number of rotatable bonds is 7. The fraction of sp³-hybridized carbons (Fsp3) is 0.500. The molecule has 1 aliphatic rings. The number of amides is 1. The first-order valence-corrected chi connectivity index (χ1v) is 11.0. The molecule has 6 heteroatoms. The average Bonchev–Trinajstić information content (AvgIpc) is 3.01. The maximum absolute atomic E-state index is 13.1. The zero-order valence-corrected chi connectivity index (χ0v) is 19.2. The van der Waals surface area contributed by atoms with Gasteiger partial charge in [0.1, 0.15) is 0 Å². The number of hydrogen-bond donors (Lipinski definition) is 0. The number of hydrogen-bond acceptors (Lipinski definition) is 3. The maximum atomic E-state index is 13.1. The van der Waals surface area contributed by atoms with Gasteiger partial charge in [0.15, 0.2) is 5.78 Å². The molecule has 0 bridgehead atoms. The van der Waals surface area contributed by atoms with Crippen molar-refractivity contribution in [3.63, 3.8) is 0 Å². The van der Waals surface area contributed by atoms with Crippen LogP contribution in [0.15, 0.2) is 30.3 Å². The number of ketones is 1. The Morgan fingerprint density at radius 3 is 2.53 bits per heavy atom. The molecule has 0 N–H and O–H groups in total. The van der Waals surface area contributed by atoms with E-state index in [9.17, 15) is 9.59 Å². The van der Waals surface area contributed by atoms with Gasteiger partial charge in [-0.15, -0.1) is 0 Å². The third kappa shape index (κ3) is 5.32. The monoisotopic (exact) mass is 429 g/mol. The van der Waals surface area contributed by atoms with Crippen LogP contribution in [0.5, 0.6) is 0 Å². The largest absolute Gasteiger partial charge is 0.349 e. The van der Waals surface area contributed by atoms with E-state index in [0.717, 1.165) is 54.3 Å². The smallest absolute Gasteiger partial charge is 0.226 e. The van der Waals surface area contributed by atoms with Crippen molar-refractivity contribution in [1.29, 1.82) is 0 Å². The predicted octanol–water partition coefficient (Wildman–Crippen LogP) is 3.98. The Hall–Kier alpha value is -2.11. The molecule has 1 aromatic heterocycles. The van der Waals surface area contributed by atoms with Gasteiger partial charge in [-0.1, -0.05) is 23.7 Å². The molecular formula is C24H32ClN3O2. The molecule has 1 atom stereocenters. The Morgan fingerprint density at radius 2 is 1.87 bits per heavy atom. The molecule has 0 radical (unpaired) electrons. The van der Waals surface area contributed by atoms with E-state index in [2.05, 4.69) is 16.4 Å². The Labute approximate surface area is 184 Å². The summed E-state index contributed by atoms with van der Waals surface area (Å²) in [4.78, 5) is 29.2. The first-order valence-electron chi connectivity index (χ1n) is 10.6. The summed E-state index contributed by atoms with van der Waals surface area (Å²) in [6, 6.07) is 9.92. The highest BCUT2D eigenvalue weighted by atomic mass is 35.5. The van der Waals surface area contributed by atoms with E-state index in [1.54, 1.807) is 19.0 Å². The third-order valence-electron chi connectivity index (χ3n) is 6.07. The molecule has 1 saturated heterocycles. The first-order chi connectivity index (χ1) is 14.3. The van der Waals surface area contributed by atoms with Gasteiger partial charge in [0.2, 0.25) is 5.91 Å². The standard InChI is InChI=1S/C24H32ClN3O2/c1-17-14-22(18(2)28(17)13-11-19-7-9-21(25)10-8-19)23(29)16-27-12-5-6-20(15-27)24(30)26(3)4/h7-10,14,20H,5-6,11-13,15-16H2,1-4H3. The summed E-state index contributed by atoms with van der Waals surface area (Å²) >= 11 is 5.97. The molecule has 2 heterocycles. The lowest BCUT2D eigenvalue weighted by Gasteiger charge is -2.32. The van der Waals surface area contributed by atoms with Crippen LogP contribution in [0.2, 0.25) is 5.02 Å². The Morgan fingerprint density at radius 1 is 1.17 bits per heavy atom. The van der Waals surface area contributed by atoms with Crippen LogP contribution in [0.1, 0.15) is 40.2 Å². The van der Waals surface area contributed by atoms with E-state index >= 15 is 0 Å². The number of halogens is 1. The van der Waals surface area contributed by atoms with Crippen molar-refractivity contribution >= 4 is 23.3 Å². The molecule has 2 aromatic rings. The summed E-state index contributed by atoms with van der Waals surface area (Å²) in [7, 11) is 3.59. The summed E-state index contributed by atoms with van der Waals surface area (Å²) in [6.07, 6.45) is 2.75. The number of aryl methyl sites for hydroxylation is 2. The van der Waals surface area contributed by atoms with E-state index in [4.69, 9.17) is 11.6 Å². The fourth-order valence-electron chi connectivity index (χ4n) is 4.37. The van der Waals surface area contributed by atoms with Crippen molar-refractivity contribution < 1.29 is 9.59 Å². The zero-order valence-electron chi connectivity index (χ0n) is 18.4. The van der Waals surface area contributed by atoms with Crippen molar-refractivity contribution in [3.05, 3.63) is 57.9 Å². The number of piperidine rings is 1. The van der Waals surface area contributed by atoms with E-state index in [0.29, 0.717) is 13.1 Å². The minimum absolute atomic E-state index is 0.00615. The molecule has 1 amide bonds. The summed E-state index contributed by atoms with van der Waals surface area (Å²) in [5.74, 6) is 0.291. The lowest BCUT2D eigenvalue weighted by molar-refractivity contribution is -0.134. The minimum atomic E-state index is -0.00615. The van der Waals surface area contributed by atoms with Crippen LogP contribution >= 0.6 is 11.6 Å². The van der Waals surface area contributed by atoms with Gasteiger partial charge < -0.3 is 9.47 Å². The molecule has 30 heavy (non-hydrogen) atoms. The highest BCUT2D eigenvalue weighted by Crippen LogP contribution is 2.21. The third-order valence-corrected chi connectivity index (χ3v) is 6.33. The number of nitrogens with zero attached hydrogens (tertiary/aromatic N) is 3. The van der Waals surface area contributed by atoms with Gasteiger partial charge in [-0.3, -0.25) is 14.5 Å². The quantitative estimate of drug-likeness (QED) is 0.625. The van der Waals surface area contributed by atoms with Gasteiger partial charge in [-0.25, -0.2) is 0 Å². The van der Waals surface area contributed by atoms with E-state index < -0.39 is 0 Å². The second-order valence-electron chi connectivity index (χ2n) is 8.54. The van der Waals surface area contributed by atoms with Crippen LogP contribution in [-0.2, 0) is 17.8 Å². The number of benzene rings is 1. The molecule has 5 nitrogen and oxygen atoms in total. The number of likely N-dealkylation sites (tertiary alicyclic amines) is 1. The van der Waals surface area contributed by atoms with Gasteiger partial charge in [0.25, 0.3) is 0 Å². The van der Waals surface area contributed by atoms with Crippen molar-refractivity contribution in [3.8, 4) is 0 Å². The lowest BCUT2D eigenvalue weighted by Crippen LogP contribution is -2.44. The summed E-state index contributed by atoms with van der Waals surface area (Å²) in [5, 5.41) is 0.743. The van der Waals surface area contributed by atoms with Crippen LogP contribution in [0.25, 0.3) is 0 Å². The first kappa shape index (κ1) is 22.6. The van der Waals surface area contributed by atoms with Crippen molar-refractivity contribution in [2.75, 3.05) is 33.7 Å². The molecule has 1 unspecified atom stereocenters. The van der Waals surface area contributed by atoms with Crippen LogP contribution < -0.4 is 0 Å². The van der Waals surface area contributed by atoms with Crippen LogP contribution in [0, 0.1) is 19.8 Å². The lowest BCUT2D eigenvalue weighted by atomic mass is 9.96. The van der Waals surface area contributed by atoms with Crippen molar-refractivity contribution in [2.45, 2.75) is 39.7 Å². The summed E-state index contributed by atoms with van der Waals surface area (Å²) in [6.45, 7) is 6.82. The molecule has 1 aliphatic heterocycles. The normalized spacial score (nSPS) is 17.2. The topological polar surface area (TPSA) is 45.6 Å².